The Bertz CT molecular complexity index is 413. The summed E-state index contributed by atoms with van der Waals surface area (Å²) in [7, 11) is 0. The van der Waals surface area contributed by atoms with Gasteiger partial charge in [0.15, 0.2) is 5.78 Å². The van der Waals surface area contributed by atoms with Crippen molar-refractivity contribution in [2.24, 2.45) is 11.1 Å². The summed E-state index contributed by atoms with van der Waals surface area (Å²) >= 11 is 0. The molecule has 1 aromatic rings. The Balaban J connectivity index is 2.37. The molecule has 2 N–H and O–H groups in total. The first-order valence-electron chi connectivity index (χ1n) is 4.79. The summed E-state index contributed by atoms with van der Waals surface area (Å²) in [6, 6.07) is 2.90. The molecule has 2 nitrogen and oxygen atoms in total. The smallest absolute Gasteiger partial charge is 0.173 e. The van der Waals surface area contributed by atoms with Crippen LogP contribution in [0.3, 0.4) is 0 Å². The van der Waals surface area contributed by atoms with Crippen LogP contribution in [-0.4, -0.2) is 12.3 Å². The van der Waals surface area contributed by atoms with E-state index in [1.807, 2.05) is 0 Å². The van der Waals surface area contributed by atoms with Crippen LogP contribution in [0.15, 0.2) is 18.2 Å². The number of ketones is 1. The molecule has 4 heteroatoms. The average molecular weight is 211 g/mol. The first-order valence-corrected chi connectivity index (χ1v) is 4.79. The summed E-state index contributed by atoms with van der Waals surface area (Å²) in [6.07, 6.45) is 1.33. The number of carbonyl (C=O) groups excluding carboxylic acids is 1. The molecule has 15 heavy (non-hydrogen) atoms. The number of nitrogens with two attached hydrogens (primary N) is 1. The molecular weight excluding hydrogens is 200 g/mol. The van der Waals surface area contributed by atoms with Gasteiger partial charge in [-0.1, -0.05) is 0 Å². The van der Waals surface area contributed by atoms with Crippen molar-refractivity contribution >= 4 is 5.78 Å². The van der Waals surface area contributed by atoms with Crippen LogP contribution in [0.5, 0.6) is 0 Å². The maximum Gasteiger partial charge on any atom is 0.173 e. The quantitative estimate of drug-likeness (QED) is 0.776. The minimum absolute atomic E-state index is 0.182. The molecule has 80 valence electrons. The Kier molecular flexibility index (Phi) is 2.31. The predicted molar refractivity (Wildman–Crippen MR) is 51.4 cm³/mol. The maximum atomic E-state index is 13.3. The second-order valence-electron chi connectivity index (χ2n) is 3.94. The highest BCUT2D eigenvalue weighted by Gasteiger charge is 2.49. The SMILES string of the molecule is NCC1(C(=O)c2cc(F)ccc2F)CC1. The van der Waals surface area contributed by atoms with E-state index in [-0.39, 0.29) is 17.9 Å². The van der Waals surface area contributed by atoms with E-state index in [0.29, 0.717) is 12.8 Å². The van der Waals surface area contributed by atoms with Gasteiger partial charge < -0.3 is 5.73 Å². The lowest BCUT2D eigenvalue weighted by Crippen LogP contribution is -2.26. The Labute approximate surface area is 86.1 Å². The summed E-state index contributed by atoms with van der Waals surface area (Å²) in [6.45, 7) is 0.196. The van der Waals surface area contributed by atoms with Crippen LogP contribution in [0.25, 0.3) is 0 Å². The molecule has 1 aromatic carbocycles. The fraction of sp³-hybridized carbons (Fsp3) is 0.364. The van der Waals surface area contributed by atoms with Gasteiger partial charge in [-0.25, -0.2) is 8.78 Å². The van der Waals surface area contributed by atoms with Crippen molar-refractivity contribution in [3.63, 3.8) is 0 Å². The number of hydrogen-bond acceptors (Lipinski definition) is 2. The highest BCUT2D eigenvalue weighted by Crippen LogP contribution is 2.47. The average Bonchev–Trinajstić information content (AvgIpc) is 3.01. The molecule has 0 aromatic heterocycles. The van der Waals surface area contributed by atoms with Crippen molar-refractivity contribution in [2.75, 3.05) is 6.54 Å². The van der Waals surface area contributed by atoms with Gasteiger partial charge in [0.1, 0.15) is 11.6 Å². The predicted octanol–water partition coefficient (Wildman–Crippen LogP) is 1.89. The van der Waals surface area contributed by atoms with E-state index < -0.39 is 17.0 Å². The minimum Gasteiger partial charge on any atom is -0.329 e. The van der Waals surface area contributed by atoms with Crippen LogP contribution in [0.2, 0.25) is 0 Å². The van der Waals surface area contributed by atoms with E-state index in [0.717, 1.165) is 18.2 Å². The number of halogens is 2. The third-order valence-corrected chi connectivity index (χ3v) is 2.90. The number of Topliss-reactive ketones (excluding diaryl/α,β-unsaturated/α-hetero) is 1. The molecule has 0 saturated heterocycles. The lowest BCUT2D eigenvalue weighted by Gasteiger charge is -2.11. The van der Waals surface area contributed by atoms with E-state index in [4.69, 9.17) is 5.73 Å². The molecule has 0 spiro atoms. The normalized spacial score (nSPS) is 17.5. The van der Waals surface area contributed by atoms with Crippen molar-refractivity contribution in [3.05, 3.63) is 35.4 Å². The number of rotatable bonds is 3. The van der Waals surface area contributed by atoms with Crippen LogP contribution < -0.4 is 5.73 Å². The van der Waals surface area contributed by atoms with Crippen molar-refractivity contribution in [3.8, 4) is 0 Å². The molecule has 0 atom stereocenters. The lowest BCUT2D eigenvalue weighted by atomic mass is 9.94. The highest BCUT2D eigenvalue weighted by molar-refractivity contribution is 6.02. The fourth-order valence-electron chi connectivity index (χ4n) is 1.63. The van der Waals surface area contributed by atoms with Gasteiger partial charge in [-0.15, -0.1) is 0 Å². The van der Waals surface area contributed by atoms with Gasteiger partial charge in [-0.05, 0) is 31.0 Å². The van der Waals surface area contributed by atoms with Crippen LogP contribution in [0.1, 0.15) is 23.2 Å². The molecule has 0 unspecified atom stereocenters. The van der Waals surface area contributed by atoms with Gasteiger partial charge in [0.05, 0.1) is 5.56 Å². The molecule has 0 heterocycles. The second kappa shape index (κ2) is 3.38. The van der Waals surface area contributed by atoms with Gasteiger partial charge in [0.2, 0.25) is 0 Å². The van der Waals surface area contributed by atoms with Gasteiger partial charge in [0, 0.05) is 12.0 Å². The second-order valence-corrected chi connectivity index (χ2v) is 3.94. The van der Waals surface area contributed by atoms with Gasteiger partial charge in [-0.3, -0.25) is 4.79 Å². The summed E-state index contributed by atoms with van der Waals surface area (Å²) in [4.78, 5) is 11.8. The van der Waals surface area contributed by atoms with Gasteiger partial charge in [0.25, 0.3) is 0 Å². The maximum absolute atomic E-state index is 13.3. The van der Waals surface area contributed by atoms with Crippen LogP contribution in [0.4, 0.5) is 8.78 Å². The lowest BCUT2D eigenvalue weighted by molar-refractivity contribution is 0.0901. The minimum atomic E-state index is -0.680. The Morgan fingerprint density at radius 1 is 1.40 bits per heavy atom. The van der Waals surface area contributed by atoms with E-state index in [1.54, 1.807) is 0 Å². The van der Waals surface area contributed by atoms with Gasteiger partial charge in [-0.2, -0.15) is 0 Å². The Morgan fingerprint density at radius 3 is 2.60 bits per heavy atom. The monoisotopic (exact) mass is 211 g/mol. The van der Waals surface area contributed by atoms with Crippen LogP contribution >= 0.6 is 0 Å². The standard InChI is InChI=1S/C11H11F2NO/c12-7-1-2-9(13)8(5-7)10(15)11(6-14)3-4-11/h1-2,5H,3-4,6,14H2. The summed E-state index contributed by atoms with van der Waals surface area (Å²) in [5, 5.41) is 0. The number of carbonyl (C=O) groups is 1. The van der Waals surface area contributed by atoms with E-state index >= 15 is 0 Å². The van der Waals surface area contributed by atoms with Crippen molar-refractivity contribution in [1.82, 2.24) is 0 Å². The zero-order chi connectivity index (χ0) is 11.1. The molecule has 1 aliphatic carbocycles. The number of benzene rings is 1. The molecule has 0 amide bonds. The van der Waals surface area contributed by atoms with Crippen LogP contribution in [0, 0.1) is 17.0 Å². The van der Waals surface area contributed by atoms with Crippen molar-refractivity contribution < 1.29 is 13.6 Å². The third-order valence-electron chi connectivity index (χ3n) is 2.90. The van der Waals surface area contributed by atoms with E-state index in [9.17, 15) is 13.6 Å². The first kappa shape index (κ1) is 10.2. The van der Waals surface area contributed by atoms with Gasteiger partial charge >= 0.3 is 0 Å². The molecule has 1 saturated carbocycles. The van der Waals surface area contributed by atoms with Crippen LogP contribution in [-0.2, 0) is 0 Å². The highest BCUT2D eigenvalue weighted by atomic mass is 19.1. The summed E-state index contributed by atoms with van der Waals surface area (Å²) in [5.41, 5.74) is 4.65. The molecule has 1 fully saturated rings. The van der Waals surface area contributed by atoms with E-state index in [1.165, 1.54) is 0 Å². The fourth-order valence-corrected chi connectivity index (χ4v) is 1.63. The summed E-state index contributed by atoms with van der Waals surface area (Å²) in [5.74, 6) is -1.66. The zero-order valence-electron chi connectivity index (χ0n) is 8.09. The topological polar surface area (TPSA) is 43.1 Å². The Hall–Kier alpha value is -1.29. The number of hydrogen-bond donors (Lipinski definition) is 1. The largest absolute Gasteiger partial charge is 0.329 e. The Morgan fingerprint density at radius 2 is 2.07 bits per heavy atom. The first-order chi connectivity index (χ1) is 7.09. The summed E-state index contributed by atoms with van der Waals surface area (Å²) < 4.78 is 26.2. The molecular formula is C11H11F2NO. The molecule has 0 aliphatic heterocycles. The third kappa shape index (κ3) is 1.65. The molecule has 0 bridgehead atoms. The zero-order valence-corrected chi connectivity index (χ0v) is 8.09. The van der Waals surface area contributed by atoms with Crippen molar-refractivity contribution in [1.29, 1.82) is 0 Å². The van der Waals surface area contributed by atoms with Crippen molar-refractivity contribution in [2.45, 2.75) is 12.8 Å². The molecule has 1 aliphatic rings. The molecule has 0 radical (unpaired) electrons. The molecule has 2 rings (SSSR count). The van der Waals surface area contributed by atoms with E-state index in [2.05, 4.69) is 0 Å².